The first-order valence-corrected chi connectivity index (χ1v) is 8.38. The first-order valence-electron chi connectivity index (χ1n) is 4.97. The van der Waals surface area contributed by atoms with E-state index >= 15 is 0 Å². The molecule has 0 spiro atoms. The summed E-state index contributed by atoms with van der Waals surface area (Å²) in [5.74, 6) is 6.86. The third-order valence-corrected chi connectivity index (χ3v) is 2.75. The fraction of sp³-hybridized carbons (Fsp3) is 0.667. The van der Waals surface area contributed by atoms with Crippen LogP contribution in [-0.4, -0.2) is 8.32 Å². The van der Waals surface area contributed by atoms with E-state index in [9.17, 15) is 0 Å². The van der Waals surface area contributed by atoms with Crippen LogP contribution < -0.4 is 0 Å². The summed E-state index contributed by atoms with van der Waals surface area (Å²) >= 11 is 0. The molecule has 0 aliphatic heterocycles. The molecule has 80 valence electrons. The smallest absolute Gasteiger partial charge is 0.241 e. The molecule has 0 aromatic carbocycles. The van der Waals surface area contributed by atoms with Crippen LogP contribution in [-0.2, 0) is 4.43 Å². The summed E-state index contributed by atoms with van der Waals surface area (Å²) in [6.45, 7) is 16.6. The molecule has 0 unspecified atom stereocenters. The van der Waals surface area contributed by atoms with Gasteiger partial charge in [0.05, 0.1) is 5.76 Å². The molecular weight excluding hydrogens is 188 g/mol. The quantitative estimate of drug-likeness (QED) is 0.390. The SMILES string of the molecule is C=C(O[Si](C)(C)C)C(C)(C)CC#CC. The van der Waals surface area contributed by atoms with Gasteiger partial charge in [-0.05, 0) is 26.6 Å². The third-order valence-electron chi connectivity index (χ3n) is 1.89. The van der Waals surface area contributed by atoms with Gasteiger partial charge in [0.2, 0.25) is 8.32 Å². The molecule has 0 bridgehead atoms. The number of rotatable bonds is 4. The normalized spacial score (nSPS) is 11.6. The van der Waals surface area contributed by atoms with Crippen molar-refractivity contribution in [2.75, 3.05) is 0 Å². The van der Waals surface area contributed by atoms with Crippen molar-refractivity contribution in [3.63, 3.8) is 0 Å². The molecule has 0 saturated carbocycles. The minimum absolute atomic E-state index is 0.0384. The molecule has 0 aliphatic rings. The molecule has 1 nitrogen and oxygen atoms in total. The molecule has 0 rings (SSSR count). The van der Waals surface area contributed by atoms with Crippen LogP contribution in [0.25, 0.3) is 0 Å². The van der Waals surface area contributed by atoms with E-state index in [0.717, 1.165) is 12.2 Å². The summed E-state index contributed by atoms with van der Waals surface area (Å²) in [6.07, 6.45) is 0.812. The highest BCUT2D eigenvalue weighted by Gasteiger charge is 2.27. The van der Waals surface area contributed by atoms with Crippen LogP contribution in [0.1, 0.15) is 27.2 Å². The monoisotopic (exact) mass is 210 g/mol. The van der Waals surface area contributed by atoms with Crippen molar-refractivity contribution in [1.82, 2.24) is 0 Å². The highest BCUT2D eigenvalue weighted by atomic mass is 28.4. The molecule has 0 heterocycles. The molecule has 0 N–H and O–H groups in total. The Bertz CT molecular complexity index is 260. The number of hydrogen-bond acceptors (Lipinski definition) is 1. The zero-order valence-corrected chi connectivity index (χ0v) is 11.3. The molecule has 0 radical (unpaired) electrons. The Kier molecular flexibility index (Phi) is 4.47. The van der Waals surface area contributed by atoms with Gasteiger partial charge in [-0.1, -0.05) is 20.4 Å². The van der Waals surface area contributed by atoms with Crippen molar-refractivity contribution >= 4 is 8.32 Å². The van der Waals surface area contributed by atoms with Gasteiger partial charge in [0.25, 0.3) is 0 Å². The van der Waals surface area contributed by atoms with E-state index in [2.05, 4.69) is 51.9 Å². The second-order valence-corrected chi connectivity index (χ2v) is 9.55. The average molecular weight is 210 g/mol. The Morgan fingerprint density at radius 1 is 1.36 bits per heavy atom. The summed E-state index contributed by atoms with van der Waals surface area (Å²) in [5.41, 5.74) is -0.0384. The Labute approximate surface area is 89.7 Å². The van der Waals surface area contributed by atoms with E-state index in [1.54, 1.807) is 0 Å². The molecular formula is C12H22OSi. The molecule has 0 aromatic rings. The lowest BCUT2D eigenvalue weighted by molar-refractivity contribution is 0.276. The number of allylic oxidation sites excluding steroid dienone is 1. The zero-order chi connectivity index (χ0) is 11.4. The van der Waals surface area contributed by atoms with Crippen LogP contribution in [0.5, 0.6) is 0 Å². The minimum Gasteiger partial charge on any atom is -0.547 e. The van der Waals surface area contributed by atoms with Gasteiger partial charge in [0.1, 0.15) is 0 Å². The van der Waals surface area contributed by atoms with E-state index in [1.165, 1.54) is 0 Å². The molecule has 2 heteroatoms. The lowest BCUT2D eigenvalue weighted by Gasteiger charge is -2.31. The maximum Gasteiger partial charge on any atom is 0.241 e. The second-order valence-electron chi connectivity index (χ2n) is 5.13. The van der Waals surface area contributed by atoms with E-state index in [0.29, 0.717) is 0 Å². The summed E-state index contributed by atoms with van der Waals surface area (Å²) in [5, 5.41) is 0. The molecule has 0 aromatic heterocycles. The number of hydrogen-bond donors (Lipinski definition) is 0. The van der Waals surface area contributed by atoms with Crippen LogP contribution >= 0.6 is 0 Å². The molecule has 0 amide bonds. The topological polar surface area (TPSA) is 9.23 Å². The van der Waals surface area contributed by atoms with Crippen molar-refractivity contribution in [2.45, 2.75) is 46.8 Å². The standard InChI is InChI=1S/C12H22OSi/c1-8-9-10-12(3,4)11(2)13-14(5,6)7/h2,10H2,1,3-7H3. The van der Waals surface area contributed by atoms with E-state index < -0.39 is 8.32 Å². The first-order chi connectivity index (χ1) is 6.19. The van der Waals surface area contributed by atoms with Crippen LogP contribution in [0.15, 0.2) is 12.3 Å². The second kappa shape index (κ2) is 4.70. The summed E-state index contributed by atoms with van der Waals surface area (Å²) < 4.78 is 5.88. The summed E-state index contributed by atoms with van der Waals surface area (Å²) in [4.78, 5) is 0. The Morgan fingerprint density at radius 2 is 1.86 bits per heavy atom. The average Bonchev–Trinajstić information content (AvgIpc) is 1.97. The highest BCUT2D eigenvalue weighted by molar-refractivity contribution is 6.70. The van der Waals surface area contributed by atoms with Crippen molar-refractivity contribution < 1.29 is 4.43 Å². The van der Waals surface area contributed by atoms with Crippen molar-refractivity contribution in [1.29, 1.82) is 0 Å². The van der Waals surface area contributed by atoms with Crippen LogP contribution in [0.2, 0.25) is 19.6 Å². The maximum atomic E-state index is 5.88. The van der Waals surface area contributed by atoms with Gasteiger partial charge in [-0.2, -0.15) is 0 Å². The van der Waals surface area contributed by atoms with Gasteiger partial charge < -0.3 is 4.43 Å². The van der Waals surface area contributed by atoms with Gasteiger partial charge in [0.15, 0.2) is 0 Å². The van der Waals surface area contributed by atoms with Gasteiger partial charge in [-0.3, -0.25) is 0 Å². The van der Waals surface area contributed by atoms with E-state index in [1.807, 2.05) is 6.92 Å². The van der Waals surface area contributed by atoms with E-state index in [4.69, 9.17) is 4.43 Å². The predicted molar refractivity (Wildman–Crippen MR) is 65.4 cm³/mol. The largest absolute Gasteiger partial charge is 0.547 e. The zero-order valence-electron chi connectivity index (χ0n) is 10.3. The molecule has 0 atom stereocenters. The van der Waals surface area contributed by atoms with Crippen molar-refractivity contribution in [2.24, 2.45) is 5.41 Å². The lowest BCUT2D eigenvalue weighted by atomic mass is 9.88. The Morgan fingerprint density at radius 3 is 2.21 bits per heavy atom. The van der Waals surface area contributed by atoms with Crippen molar-refractivity contribution in [3.8, 4) is 11.8 Å². The third kappa shape index (κ3) is 5.13. The van der Waals surface area contributed by atoms with Crippen LogP contribution in [0.4, 0.5) is 0 Å². The first kappa shape index (κ1) is 13.3. The fourth-order valence-electron chi connectivity index (χ4n) is 0.916. The Hall–Kier alpha value is -0.683. The molecule has 0 fully saturated rings. The summed E-state index contributed by atoms with van der Waals surface area (Å²) in [7, 11) is -1.52. The maximum absolute atomic E-state index is 5.88. The summed E-state index contributed by atoms with van der Waals surface area (Å²) in [6, 6.07) is 0. The Balaban J connectivity index is 4.41. The minimum atomic E-state index is -1.52. The highest BCUT2D eigenvalue weighted by Crippen LogP contribution is 2.31. The van der Waals surface area contributed by atoms with E-state index in [-0.39, 0.29) is 5.41 Å². The van der Waals surface area contributed by atoms with Crippen molar-refractivity contribution in [3.05, 3.63) is 12.3 Å². The molecule has 14 heavy (non-hydrogen) atoms. The molecule has 0 aliphatic carbocycles. The van der Waals surface area contributed by atoms with Gasteiger partial charge in [0, 0.05) is 11.8 Å². The van der Waals surface area contributed by atoms with Crippen LogP contribution in [0.3, 0.4) is 0 Å². The van der Waals surface area contributed by atoms with Gasteiger partial charge >= 0.3 is 0 Å². The van der Waals surface area contributed by atoms with Gasteiger partial charge in [-0.25, -0.2) is 0 Å². The van der Waals surface area contributed by atoms with Crippen LogP contribution in [0, 0.1) is 17.3 Å². The fourth-order valence-corrected chi connectivity index (χ4v) is 1.93. The molecule has 0 saturated heterocycles. The predicted octanol–water partition coefficient (Wildman–Crippen LogP) is 3.79. The van der Waals surface area contributed by atoms with Gasteiger partial charge in [-0.15, -0.1) is 11.8 Å². The lowest BCUT2D eigenvalue weighted by Crippen LogP contribution is -2.29.